The number of amides is 1. The predicted molar refractivity (Wildman–Crippen MR) is 83.2 cm³/mol. The van der Waals surface area contributed by atoms with Gasteiger partial charge in [0.25, 0.3) is 5.91 Å². The molecule has 0 saturated heterocycles. The molecule has 1 unspecified atom stereocenters. The number of hydrogen-bond acceptors (Lipinski definition) is 3. The number of benzene rings is 1. The lowest BCUT2D eigenvalue weighted by atomic mass is 10.0. The average molecular weight is 289 g/mol. The normalized spacial score (nSPS) is 11.4. The molecule has 0 aromatic heterocycles. The Balaban J connectivity index is 2.95. The number of aliphatic hydroxyl groups is 1. The second kappa shape index (κ2) is 9.17. The van der Waals surface area contributed by atoms with Crippen molar-refractivity contribution in [3.8, 4) is 11.8 Å². The Hall–Kier alpha value is -1.83. The topological polar surface area (TPSA) is 58.6 Å². The number of rotatable bonds is 6. The molecule has 1 atom stereocenters. The third-order valence-electron chi connectivity index (χ3n) is 3.08. The summed E-state index contributed by atoms with van der Waals surface area (Å²) in [7, 11) is 1.62. The van der Waals surface area contributed by atoms with E-state index in [4.69, 9.17) is 9.84 Å². The average Bonchev–Trinajstić information content (AvgIpc) is 2.47. The van der Waals surface area contributed by atoms with Crippen molar-refractivity contribution in [3.05, 3.63) is 34.9 Å². The lowest BCUT2D eigenvalue weighted by molar-refractivity contribution is 0.0894. The summed E-state index contributed by atoms with van der Waals surface area (Å²) in [5.74, 6) is 5.67. The van der Waals surface area contributed by atoms with Gasteiger partial charge in [-0.15, -0.1) is 0 Å². The number of carbonyl (C=O) groups excluding carboxylic acids is 1. The fourth-order valence-electron chi connectivity index (χ4n) is 1.90. The van der Waals surface area contributed by atoms with E-state index in [9.17, 15) is 4.79 Å². The van der Waals surface area contributed by atoms with Crippen LogP contribution in [0.3, 0.4) is 0 Å². The summed E-state index contributed by atoms with van der Waals surface area (Å²) in [5, 5.41) is 11.7. The molecule has 0 aliphatic rings. The van der Waals surface area contributed by atoms with Gasteiger partial charge < -0.3 is 15.2 Å². The Labute approximate surface area is 126 Å². The Bertz CT molecular complexity index is 529. The van der Waals surface area contributed by atoms with Crippen LogP contribution in [0.4, 0.5) is 0 Å². The molecule has 0 spiro atoms. The molecule has 1 aromatic carbocycles. The molecule has 0 saturated carbocycles. The van der Waals surface area contributed by atoms with E-state index in [0.717, 1.165) is 12.0 Å². The second-order valence-corrected chi connectivity index (χ2v) is 4.86. The van der Waals surface area contributed by atoms with Gasteiger partial charge in [0.2, 0.25) is 0 Å². The molecular formula is C17H23NO3. The first kappa shape index (κ1) is 17.2. The fraction of sp³-hybridized carbons (Fsp3) is 0.471. The van der Waals surface area contributed by atoms with E-state index < -0.39 is 0 Å². The predicted octanol–water partition coefficient (Wildman–Crippen LogP) is 1.88. The number of carbonyl (C=O) groups is 1. The van der Waals surface area contributed by atoms with Gasteiger partial charge in [-0.2, -0.15) is 0 Å². The standard InChI is InChI=1S/C17H23NO3/c1-4-15(12-21-3)18-17(20)16-9-8-13(2)11-14(16)7-5-6-10-19/h8-9,11,15,19H,4,6,10,12H2,1-3H3,(H,18,20). The highest BCUT2D eigenvalue weighted by molar-refractivity contribution is 5.97. The second-order valence-electron chi connectivity index (χ2n) is 4.86. The van der Waals surface area contributed by atoms with E-state index in [1.807, 2.05) is 26.0 Å². The van der Waals surface area contributed by atoms with Crippen LogP contribution >= 0.6 is 0 Å². The maximum absolute atomic E-state index is 12.4. The summed E-state index contributed by atoms with van der Waals surface area (Å²) in [4.78, 5) is 12.4. The summed E-state index contributed by atoms with van der Waals surface area (Å²) < 4.78 is 5.09. The third kappa shape index (κ3) is 5.58. The van der Waals surface area contributed by atoms with E-state index in [-0.39, 0.29) is 18.6 Å². The zero-order valence-corrected chi connectivity index (χ0v) is 12.9. The van der Waals surface area contributed by atoms with Gasteiger partial charge in [-0.3, -0.25) is 4.79 Å². The molecule has 0 fully saturated rings. The van der Waals surface area contributed by atoms with Crippen LogP contribution in [0.2, 0.25) is 0 Å². The smallest absolute Gasteiger partial charge is 0.252 e. The van der Waals surface area contributed by atoms with Crippen LogP contribution in [0.15, 0.2) is 18.2 Å². The van der Waals surface area contributed by atoms with Gasteiger partial charge in [-0.1, -0.05) is 24.8 Å². The fourth-order valence-corrected chi connectivity index (χ4v) is 1.90. The van der Waals surface area contributed by atoms with Crippen LogP contribution in [0.1, 0.15) is 41.3 Å². The van der Waals surface area contributed by atoms with Crippen molar-refractivity contribution in [1.82, 2.24) is 5.32 Å². The molecule has 4 nitrogen and oxygen atoms in total. The van der Waals surface area contributed by atoms with Crippen molar-refractivity contribution in [2.45, 2.75) is 32.7 Å². The SMILES string of the molecule is CCC(COC)NC(=O)c1ccc(C)cc1C#CCCO. The van der Waals surface area contributed by atoms with E-state index in [2.05, 4.69) is 17.2 Å². The van der Waals surface area contributed by atoms with Crippen LogP contribution in [-0.4, -0.2) is 37.4 Å². The summed E-state index contributed by atoms with van der Waals surface area (Å²) in [6.07, 6.45) is 1.20. The molecule has 114 valence electrons. The van der Waals surface area contributed by atoms with Gasteiger partial charge >= 0.3 is 0 Å². The van der Waals surface area contributed by atoms with Gasteiger partial charge in [0.15, 0.2) is 0 Å². The van der Waals surface area contributed by atoms with Crippen LogP contribution in [-0.2, 0) is 4.74 Å². The molecule has 21 heavy (non-hydrogen) atoms. The highest BCUT2D eigenvalue weighted by atomic mass is 16.5. The highest BCUT2D eigenvalue weighted by Crippen LogP contribution is 2.11. The van der Waals surface area contributed by atoms with Gasteiger partial charge in [-0.25, -0.2) is 0 Å². The number of methoxy groups -OCH3 is 1. The highest BCUT2D eigenvalue weighted by Gasteiger charge is 2.14. The molecule has 1 aromatic rings. The van der Waals surface area contributed by atoms with E-state index in [1.54, 1.807) is 13.2 Å². The van der Waals surface area contributed by atoms with Crippen molar-refractivity contribution in [1.29, 1.82) is 0 Å². The van der Waals surface area contributed by atoms with Crippen molar-refractivity contribution in [2.24, 2.45) is 0 Å². The van der Waals surface area contributed by atoms with Gasteiger partial charge in [0.1, 0.15) is 0 Å². The Morgan fingerprint density at radius 1 is 1.48 bits per heavy atom. The van der Waals surface area contributed by atoms with Gasteiger partial charge in [-0.05, 0) is 31.0 Å². The van der Waals surface area contributed by atoms with Crippen molar-refractivity contribution < 1.29 is 14.6 Å². The number of ether oxygens (including phenoxy) is 1. The maximum Gasteiger partial charge on any atom is 0.252 e. The summed E-state index contributed by atoms with van der Waals surface area (Å²) >= 11 is 0. The minimum atomic E-state index is -0.146. The number of aliphatic hydroxyl groups excluding tert-OH is 1. The first-order valence-electron chi connectivity index (χ1n) is 7.12. The molecule has 4 heteroatoms. The molecule has 1 rings (SSSR count). The Morgan fingerprint density at radius 2 is 2.24 bits per heavy atom. The van der Waals surface area contributed by atoms with Crippen molar-refractivity contribution in [2.75, 3.05) is 20.3 Å². The minimum Gasteiger partial charge on any atom is -0.395 e. The van der Waals surface area contributed by atoms with Crippen LogP contribution < -0.4 is 5.32 Å². The van der Waals surface area contributed by atoms with Crippen molar-refractivity contribution >= 4 is 5.91 Å². The molecule has 0 radical (unpaired) electrons. The Morgan fingerprint density at radius 3 is 2.86 bits per heavy atom. The Kier molecular flexibility index (Phi) is 7.52. The minimum absolute atomic E-state index is 0.0120. The molecule has 0 aliphatic carbocycles. The first-order chi connectivity index (χ1) is 10.1. The van der Waals surface area contributed by atoms with Crippen molar-refractivity contribution in [3.63, 3.8) is 0 Å². The monoisotopic (exact) mass is 289 g/mol. The van der Waals surface area contributed by atoms with Crippen LogP contribution in [0.25, 0.3) is 0 Å². The largest absolute Gasteiger partial charge is 0.395 e. The van der Waals surface area contributed by atoms with Gasteiger partial charge in [0, 0.05) is 19.1 Å². The quantitative estimate of drug-likeness (QED) is 0.786. The van der Waals surface area contributed by atoms with E-state index in [1.165, 1.54) is 0 Å². The number of aryl methyl sites for hydroxylation is 1. The van der Waals surface area contributed by atoms with Crippen LogP contribution in [0.5, 0.6) is 0 Å². The summed E-state index contributed by atoms with van der Waals surface area (Å²) in [6.45, 7) is 4.46. The first-order valence-corrected chi connectivity index (χ1v) is 7.12. The molecule has 0 heterocycles. The zero-order chi connectivity index (χ0) is 15.7. The van der Waals surface area contributed by atoms with Crippen LogP contribution in [0, 0.1) is 18.8 Å². The molecule has 0 aliphatic heterocycles. The lowest BCUT2D eigenvalue weighted by Crippen LogP contribution is -2.37. The van der Waals surface area contributed by atoms with Gasteiger partial charge in [0.05, 0.1) is 24.8 Å². The zero-order valence-electron chi connectivity index (χ0n) is 12.9. The molecule has 2 N–H and O–H groups in total. The van der Waals surface area contributed by atoms with E-state index in [0.29, 0.717) is 24.2 Å². The molecule has 0 bridgehead atoms. The number of hydrogen-bond donors (Lipinski definition) is 2. The lowest BCUT2D eigenvalue weighted by Gasteiger charge is -2.16. The maximum atomic E-state index is 12.4. The summed E-state index contributed by atoms with van der Waals surface area (Å²) in [5.41, 5.74) is 2.29. The molecular weight excluding hydrogens is 266 g/mol. The molecule has 1 amide bonds. The number of nitrogens with one attached hydrogen (secondary N) is 1. The summed E-state index contributed by atoms with van der Waals surface area (Å²) in [6, 6.07) is 5.55. The third-order valence-corrected chi connectivity index (χ3v) is 3.08. The van der Waals surface area contributed by atoms with E-state index >= 15 is 0 Å².